The number of rotatable bonds is 7. The van der Waals surface area contributed by atoms with Gasteiger partial charge in [0.1, 0.15) is 10.3 Å². The van der Waals surface area contributed by atoms with E-state index in [0.717, 1.165) is 22.7 Å². The minimum atomic E-state index is -1.28. The molecule has 7 heteroatoms. The van der Waals surface area contributed by atoms with Crippen LogP contribution in [0.2, 0.25) is 0 Å². The molecule has 2 heterocycles. The molecule has 2 aromatic heterocycles. The largest absolute Gasteiger partial charge is 0.350 e. The Kier molecular flexibility index (Phi) is 6.11. The van der Waals surface area contributed by atoms with Crippen LogP contribution in [0.3, 0.4) is 0 Å². The Labute approximate surface area is 147 Å². The highest BCUT2D eigenvalue weighted by atomic mass is 32.2. The molecule has 23 heavy (non-hydrogen) atoms. The van der Waals surface area contributed by atoms with E-state index in [0.29, 0.717) is 5.75 Å². The molecular weight excluding hydrogens is 348 g/mol. The van der Waals surface area contributed by atoms with Crippen LogP contribution in [0.15, 0.2) is 22.2 Å². The molecule has 2 unspecified atom stereocenters. The lowest BCUT2D eigenvalue weighted by Gasteiger charge is -2.26. The van der Waals surface area contributed by atoms with Gasteiger partial charge in [-0.2, -0.15) is 11.3 Å². The molecule has 0 aliphatic carbocycles. The predicted octanol–water partition coefficient (Wildman–Crippen LogP) is 3.81. The Morgan fingerprint density at radius 3 is 2.78 bits per heavy atom. The molecule has 2 atom stereocenters. The van der Waals surface area contributed by atoms with E-state index < -0.39 is 16.0 Å². The third kappa shape index (κ3) is 4.96. The molecule has 0 aromatic carbocycles. The topological polar surface area (TPSA) is 59.1 Å². The molecule has 1 amide bonds. The molecule has 0 saturated carbocycles. The number of amides is 1. The number of carbonyl (C=O) groups is 1. The quantitative estimate of drug-likeness (QED) is 0.806. The highest BCUT2D eigenvalue weighted by Gasteiger charge is 2.26. The van der Waals surface area contributed by atoms with Gasteiger partial charge in [-0.3, -0.25) is 9.00 Å². The molecule has 0 fully saturated rings. The first-order chi connectivity index (χ1) is 10.8. The first-order valence-corrected chi connectivity index (χ1v) is 10.7. The number of aromatic nitrogens is 1. The summed E-state index contributed by atoms with van der Waals surface area (Å²) in [5, 5.41) is 9.31. The first-order valence-electron chi connectivity index (χ1n) is 7.48. The number of hydrogen-bond acceptors (Lipinski definition) is 5. The van der Waals surface area contributed by atoms with E-state index in [1.54, 1.807) is 29.6 Å². The molecule has 1 N–H and O–H groups in total. The lowest BCUT2D eigenvalue weighted by atomic mass is 10.0. The van der Waals surface area contributed by atoms with E-state index in [1.807, 2.05) is 43.0 Å². The second kappa shape index (κ2) is 7.68. The zero-order valence-corrected chi connectivity index (χ0v) is 16.2. The van der Waals surface area contributed by atoms with Crippen LogP contribution in [0.5, 0.6) is 0 Å². The fraction of sp³-hybridized carbons (Fsp3) is 0.500. The number of thiophene rings is 1. The van der Waals surface area contributed by atoms with Gasteiger partial charge in [-0.05, 0) is 38.6 Å². The summed E-state index contributed by atoms with van der Waals surface area (Å²) in [5.41, 5.74) is 1.60. The van der Waals surface area contributed by atoms with Crippen molar-refractivity contribution in [2.45, 2.75) is 50.7 Å². The number of nitrogens with one attached hydrogen (secondary N) is 1. The fourth-order valence-corrected chi connectivity index (χ4v) is 4.43. The maximum Gasteiger partial charge on any atom is 0.235 e. The van der Waals surface area contributed by atoms with Gasteiger partial charge in [0.2, 0.25) is 5.91 Å². The lowest BCUT2D eigenvalue weighted by molar-refractivity contribution is -0.121. The highest BCUT2D eigenvalue weighted by molar-refractivity contribution is 7.85. The maximum absolute atomic E-state index is 12.4. The van der Waals surface area contributed by atoms with Gasteiger partial charge in [0.15, 0.2) is 0 Å². The minimum absolute atomic E-state index is 0.163. The fourth-order valence-electron chi connectivity index (χ4n) is 1.81. The first kappa shape index (κ1) is 18.3. The van der Waals surface area contributed by atoms with Gasteiger partial charge >= 0.3 is 0 Å². The van der Waals surface area contributed by atoms with Crippen molar-refractivity contribution in [1.29, 1.82) is 0 Å². The standard InChI is InChI=1S/C16H22N2O2S3/c1-5-16(3,4)18-14(19)11(2)23(20)10-13-9-22-15(17-13)12-6-7-21-8-12/h6-9,11H,5,10H2,1-4H3,(H,18,19). The molecule has 126 valence electrons. The summed E-state index contributed by atoms with van der Waals surface area (Å²) in [7, 11) is -1.28. The van der Waals surface area contributed by atoms with Crippen LogP contribution in [-0.4, -0.2) is 25.9 Å². The zero-order chi connectivity index (χ0) is 17.0. The molecule has 0 bridgehead atoms. The summed E-state index contributed by atoms with van der Waals surface area (Å²) in [4.78, 5) is 16.7. The predicted molar refractivity (Wildman–Crippen MR) is 99.2 cm³/mol. The van der Waals surface area contributed by atoms with Crippen molar-refractivity contribution in [1.82, 2.24) is 10.3 Å². The SMILES string of the molecule is CCC(C)(C)NC(=O)C(C)S(=O)Cc1csc(-c2ccsc2)n1. The maximum atomic E-state index is 12.4. The minimum Gasteiger partial charge on any atom is -0.350 e. The van der Waals surface area contributed by atoms with Gasteiger partial charge in [0.25, 0.3) is 0 Å². The van der Waals surface area contributed by atoms with Gasteiger partial charge in [0.05, 0.1) is 11.4 Å². The number of carbonyl (C=O) groups excluding carboxylic acids is 1. The van der Waals surface area contributed by atoms with Crippen LogP contribution in [0, 0.1) is 0 Å². The van der Waals surface area contributed by atoms with Crippen LogP contribution in [0.1, 0.15) is 39.8 Å². The van der Waals surface area contributed by atoms with E-state index in [1.165, 1.54) is 0 Å². The molecule has 0 aliphatic heterocycles. The van der Waals surface area contributed by atoms with Crippen molar-refractivity contribution in [3.63, 3.8) is 0 Å². The zero-order valence-electron chi connectivity index (χ0n) is 13.8. The van der Waals surface area contributed by atoms with Crippen molar-refractivity contribution in [3.05, 3.63) is 27.9 Å². The average molecular weight is 371 g/mol. The number of hydrogen-bond donors (Lipinski definition) is 1. The Morgan fingerprint density at radius 1 is 1.43 bits per heavy atom. The smallest absolute Gasteiger partial charge is 0.235 e. The number of thiazole rings is 1. The van der Waals surface area contributed by atoms with E-state index in [4.69, 9.17) is 0 Å². The summed E-state index contributed by atoms with van der Waals surface area (Å²) in [6.07, 6.45) is 0.828. The second-order valence-corrected chi connectivity index (χ2v) is 9.45. The van der Waals surface area contributed by atoms with E-state index >= 15 is 0 Å². The summed E-state index contributed by atoms with van der Waals surface area (Å²) in [5.74, 6) is 0.144. The third-order valence-corrected chi connectivity index (χ3v) is 6.93. The van der Waals surface area contributed by atoms with Crippen LogP contribution < -0.4 is 5.32 Å². The van der Waals surface area contributed by atoms with Crippen LogP contribution >= 0.6 is 22.7 Å². The second-order valence-electron chi connectivity index (χ2n) is 6.05. The van der Waals surface area contributed by atoms with Crippen molar-refractivity contribution in [3.8, 4) is 10.6 Å². The molecule has 0 spiro atoms. The Hall–Kier alpha value is -1.05. The van der Waals surface area contributed by atoms with Gasteiger partial charge in [0, 0.05) is 32.7 Å². The van der Waals surface area contributed by atoms with Crippen molar-refractivity contribution in [2.24, 2.45) is 0 Å². The van der Waals surface area contributed by atoms with Gasteiger partial charge < -0.3 is 5.32 Å². The summed E-state index contributed by atoms with van der Waals surface area (Å²) in [6, 6.07) is 2.02. The van der Waals surface area contributed by atoms with Crippen molar-refractivity contribution >= 4 is 39.4 Å². The Bertz CT molecular complexity index is 677. The molecular formula is C16H22N2O2S3. The lowest BCUT2D eigenvalue weighted by Crippen LogP contribution is -2.47. The Morgan fingerprint density at radius 2 is 2.17 bits per heavy atom. The molecule has 0 radical (unpaired) electrons. The molecule has 2 aromatic rings. The Balaban J connectivity index is 1.97. The summed E-state index contributed by atoms with van der Waals surface area (Å²) >= 11 is 3.17. The van der Waals surface area contributed by atoms with Crippen LogP contribution in [-0.2, 0) is 21.3 Å². The van der Waals surface area contributed by atoms with Crippen molar-refractivity contribution in [2.75, 3.05) is 0 Å². The monoisotopic (exact) mass is 370 g/mol. The molecule has 0 saturated heterocycles. The normalized spacial score (nSPS) is 14.4. The molecule has 4 nitrogen and oxygen atoms in total. The van der Waals surface area contributed by atoms with E-state index in [9.17, 15) is 9.00 Å². The highest BCUT2D eigenvalue weighted by Crippen LogP contribution is 2.26. The van der Waals surface area contributed by atoms with Crippen LogP contribution in [0.4, 0.5) is 0 Å². The van der Waals surface area contributed by atoms with Crippen LogP contribution in [0.25, 0.3) is 10.6 Å². The van der Waals surface area contributed by atoms with Crippen molar-refractivity contribution < 1.29 is 9.00 Å². The van der Waals surface area contributed by atoms with Gasteiger partial charge in [-0.1, -0.05) is 6.92 Å². The average Bonchev–Trinajstić information content (AvgIpc) is 3.16. The van der Waals surface area contributed by atoms with E-state index in [2.05, 4.69) is 10.3 Å². The summed E-state index contributed by atoms with van der Waals surface area (Å²) in [6.45, 7) is 7.66. The van der Waals surface area contributed by atoms with E-state index in [-0.39, 0.29) is 11.4 Å². The molecule has 2 rings (SSSR count). The third-order valence-electron chi connectivity index (χ3n) is 3.72. The summed E-state index contributed by atoms with van der Waals surface area (Å²) < 4.78 is 12.4. The van der Waals surface area contributed by atoms with Gasteiger partial charge in [-0.25, -0.2) is 4.98 Å². The number of nitrogens with zero attached hydrogens (tertiary/aromatic N) is 1. The molecule has 0 aliphatic rings. The van der Waals surface area contributed by atoms with Gasteiger partial charge in [-0.15, -0.1) is 11.3 Å².